The summed E-state index contributed by atoms with van der Waals surface area (Å²) in [5.74, 6) is 0.856. The Morgan fingerprint density at radius 3 is 2.73 bits per heavy atom. The number of aromatic nitrogens is 2. The van der Waals surface area contributed by atoms with Crippen LogP contribution in [0.15, 0.2) is 71.3 Å². The molecule has 0 radical (unpaired) electrons. The molecule has 30 heavy (non-hydrogen) atoms. The molecule has 2 N–H and O–H groups in total. The molecule has 0 aliphatic heterocycles. The molecule has 0 atom stereocenters. The first-order chi connectivity index (χ1) is 14.6. The summed E-state index contributed by atoms with van der Waals surface area (Å²) >= 11 is 5.28. The fourth-order valence-electron chi connectivity index (χ4n) is 2.83. The summed E-state index contributed by atoms with van der Waals surface area (Å²) in [5, 5.41) is 5.86. The molecule has 2 aromatic carbocycles. The number of rotatable bonds is 5. The predicted octanol–water partition coefficient (Wildman–Crippen LogP) is 4.42. The lowest BCUT2D eigenvalue weighted by molar-refractivity contribution is 0.0977. The summed E-state index contributed by atoms with van der Waals surface area (Å²) in [6, 6.07) is 17.8. The highest BCUT2D eigenvalue weighted by molar-refractivity contribution is 7.80. The van der Waals surface area contributed by atoms with Crippen molar-refractivity contribution in [2.45, 2.75) is 6.92 Å². The zero-order chi connectivity index (χ0) is 20.9. The van der Waals surface area contributed by atoms with Crippen molar-refractivity contribution in [1.29, 1.82) is 0 Å². The van der Waals surface area contributed by atoms with E-state index in [1.807, 2.05) is 37.3 Å². The Balaban J connectivity index is 1.43. The molecule has 0 aliphatic rings. The van der Waals surface area contributed by atoms with Crippen LogP contribution in [-0.2, 0) is 0 Å². The van der Waals surface area contributed by atoms with Crippen molar-refractivity contribution < 1.29 is 13.9 Å². The first kappa shape index (κ1) is 19.5. The van der Waals surface area contributed by atoms with Gasteiger partial charge in [-0.2, -0.15) is 4.98 Å². The van der Waals surface area contributed by atoms with Gasteiger partial charge in [0.25, 0.3) is 5.91 Å². The van der Waals surface area contributed by atoms with Gasteiger partial charge in [0.05, 0.1) is 6.61 Å². The van der Waals surface area contributed by atoms with Crippen molar-refractivity contribution in [3.63, 3.8) is 0 Å². The lowest BCUT2D eigenvalue weighted by atomic mass is 10.2. The minimum absolute atomic E-state index is 0.185. The van der Waals surface area contributed by atoms with E-state index in [9.17, 15) is 4.79 Å². The number of thiocarbonyl (C=S) groups is 1. The Bertz CT molecular complexity index is 1170. The minimum Gasteiger partial charge on any atom is -0.494 e. The summed E-state index contributed by atoms with van der Waals surface area (Å²) in [6.45, 7) is 2.47. The molecule has 2 aromatic heterocycles. The third-order valence-electron chi connectivity index (χ3n) is 4.19. The molecule has 1 amide bonds. The fourth-order valence-corrected chi connectivity index (χ4v) is 3.04. The maximum atomic E-state index is 12.4. The predicted molar refractivity (Wildman–Crippen MR) is 119 cm³/mol. The molecule has 0 bridgehead atoms. The summed E-state index contributed by atoms with van der Waals surface area (Å²) in [7, 11) is 0. The molecule has 0 saturated carbocycles. The SMILES string of the molecule is CCOc1ccc(C(=O)NC(=S)Nc2cccc(-c3nc4ncccc4o3)c2)cc1. The number of amides is 1. The van der Waals surface area contributed by atoms with E-state index in [4.69, 9.17) is 21.4 Å². The van der Waals surface area contributed by atoms with Gasteiger partial charge in [-0.25, -0.2) is 4.98 Å². The van der Waals surface area contributed by atoms with E-state index >= 15 is 0 Å². The average Bonchev–Trinajstić information content (AvgIpc) is 3.19. The molecule has 7 nitrogen and oxygen atoms in total. The van der Waals surface area contributed by atoms with E-state index in [1.165, 1.54) is 0 Å². The molecule has 0 aliphatic carbocycles. The lowest BCUT2D eigenvalue weighted by Gasteiger charge is -2.10. The number of pyridine rings is 1. The van der Waals surface area contributed by atoms with Crippen LogP contribution in [0.3, 0.4) is 0 Å². The van der Waals surface area contributed by atoms with Crippen LogP contribution in [0, 0.1) is 0 Å². The van der Waals surface area contributed by atoms with E-state index in [0.29, 0.717) is 40.7 Å². The zero-order valence-corrected chi connectivity index (χ0v) is 16.9. The first-order valence-corrected chi connectivity index (χ1v) is 9.70. The first-order valence-electron chi connectivity index (χ1n) is 9.29. The van der Waals surface area contributed by atoms with Gasteiger partial charge in [0, 0.05) is 23.0 Å². The van der Waals surface area contributed by atoms with Gasteiger partial charge in [0.15, 0.2) is 16.3 Å². The van der Waals surface area contributed by atoms with Gasteiger partial charge >= 0.3 is 0 Å². The van der Waals surface area contributed by atoms with Crippen molar-refractivity contribution in [3.8, 4) is 17.2 Å². The number of nitrogens with zero attached hydrogens (tertiary/aromatic N) is 2. The van der Waals surface area contributed by atoms with E-state index in [-0.39, 0.29) is 11.0 Å². The third kappa shape index (κ3) is 4.44. The van der Waals surface area contributed by atoms with Crippen LogP contribution < -0.4 is 15.4 Å². The fraction of sp³-hybridized carbons (Fsp3) is 0.0909. The number of carbonyl (C=O) groups is 1. The van der Waals surface area contributed by atoms with Crippen molar-refractivity contribution in [2.75, 3.05) is 11.9 Å². The second-order valence-electron chi connectivity index (χ2n) is 6.29. The van der Waals surface area contributed by atoms with Gasteiger partial charge in [0.2, 0.25) is 5.89 Å². The molecular weight excluding hydrogens is 400 g/mol. The van der Waals surface area contributed by atoms with Gasteiger partial charge in [-0.05, 0) is 73.7 Å². The van der Waals surface area contributed by atoms with Crippen LogP contribution in [0.2, 0.25) is 0 Å². The second-order valence-corrected chi connectivity index (χ2v) is 6.70. The maximum Gasteiger partial charge on any atom is 0.257 e. The average molecular weight is 418 g/mol. The van der Waals surface area contributed by atoms with Crippen LogP contribution in [0.4, 0.5) is 5.69 Å². The van der Waals surface area contributed by atoms with Crippen molar-refractivity contribution in [1.82, 2.24) is 15.3 Å². The molecule has 4 aromatic rings. The van der Waals surface area contributed by atoms with Crippen molar-refractivity contribution >= 4 is 40.2 Å². The molecule has 0 fully saturated rings. The Morgan fingerprint density at radius 2 is 1.97 bits per heavy atom. The monoisotopic (exact) mass is 418 g/mol. The smallest absolute Gasteiger partial charge is 0.257 e. The number of hydrogen-bond donors (Lipinski definition) is 2. The quantitative estimate of drug-likeness (QED) is 0.464. The van der Waals surface area contributed by atoms with E-state index in [1.54, 1.807) is 36.5 Å². The Kier molecular flexibility index (Phi) is 5.67. The zero-order valence-electron chi connectivity index (χ0n) is 16.1. The molecule has 8 heteroatoms. The highest BCUT2D eigenvalue weighted by Gasteiger charge is 2.11. The summed E-state index contributed by atoms with van der Waals surface area (Å²) in [5.41, 5.74) is 3.10. The Hall–Kier alpha value is -3.78. The van der Waals surface area contributed by atoms with Crippen LogP contribution in [0.25, 0.3) is 22.7 Å². The molecule has 150 valence electrons. The van der Waals surface area contributed by atoms with Gasteiger partial charge in [-0.15, -0.1) is 0 Å². The number of hydrogen-bond acceptors (Lipinski definition) is 6. The standard InChI is InChI=1S/C22H18N4O3S/c1-2-28-17-10-8-14(9-11-17)20(27)26-22(30)24-16-6-3-5-15(13-16)21-25-19-18(29-21)7-4-12-23-19/h3-13H,2H2,1H3,(H2,24,26,27,30). The van der Waals surface area contributed by atoms with Crippen LogP contribution in [0.5, 0.6) is 5.75 Å². The van der Waals surface area contributed by atoms with E-state index in [0.717, 1.165) is 5.56 Å². The Morgan fingerprint density at radius 1 is 1.13 bits per heavy atom. The van der Waals surface area contributed by atoms with Gasteiger partial charge in [-0.1, -0.05) is 6.07 Å². The van der Waals surface area contributed by atoms with Crippen LogP contribution in [0.1, 0.15) is 17.3 Å². The number of oxazole rings is 1. The summed E-state index contributed by atoms with van der Waals surface area (Å²) in [6.07, 6.45) is 1.66. The third-order valence-corrected chi connectivity index (χ3v) is 4.39. The van der Waals surface area contributed by atoms with E-state index in [2.05, 4.69) is 20.6 Å². The molecule has 0 spiro atoms. The second kappa shape index (κ2) is 8.71. The number of carbonyl (C=O) groups excluding carboxylic acids is 1. The largest absolute Gasteiger partial charge is 0.494 e. The molecule has 2 heterocycles. The van der Waals surface area contributed by atoms with Gasteiger partial charge < -0.3 is 14.5 Å². The number of benzene rings is 2. The van der Waals surface area contributed by atoms with E-state index < -0.39 is 0 Å². The minimum atomic E-state index is -0.309. The lowest BCUT2D eigenvalue weighted by Crippen LogP contribution is -2.34. The number of ether oxygens (including phenoxy) is 1. The van der Waals surface area contributed by atoms with Gasteiger partial charge in [0.1, 0.15) is 5.75 Å². The molecule has 0 saturated heterocycles. The molecule has 4 rings (SSSR count). The summed E-state index contributed by atoms with van der Waals surface area (Å²) < 4.78 is 11.1. The highest BCUT2D eigenvalue weighted by Crippen LogP contribution is 2.25. The van der Waals surface area contributed by atoms with Crippen molar-refractivity contribution in [3.05, 3.63) is 72.4 Å². The topological polar surface area (TPSA) is 89.3 Å². The van der Waals surface area contributed by atoms with Gasteiger partial charge in [-0.3, -0.25) is 10.1 Å². The normalized spacial score (nSPS) is 10.6. The number of nitrogens with one attached hydrogen (secondary N) is 2. The number of anilines is 1. The van der Waals surface area contributed by atoms with Crippen molar-refractivity contribution in [2.24, 2.45) is 0 Å². The maximum absolute atomic E-state index is 12.4. The van der Waals surface area contributed by atoms with Crippen LogP contribution >= 0.6 is 12.2 Å². The molecular formula is C22H18N4O3S. The summed E-state index contributed by atoms with van der Waals surface area (Å²) in [4.78, 5) is 21.0. The Labute approximate surface area is 178 Å². The van der Waals surface area contributed by atoms with Crippen LogP contribution in [-0.4, -0.2) is 27.6 Å². The highest BCUT2D eigenvalue weighted by atomic mass is 32.1. The number of fused-ring (bicyclic) bond motifs is 1. The molecule has 0 unspecified atom stereocenters.